The molecule has 0 saturated heterocycles. The second-order valence-corrected chi connectivity index (χ2v) is 2.71. The van der Waals surface area contributed by atoms with Crippen LogP contribution < -0.4 is 0 Å². The largest absolute Gasteiger partial charge is 0.346 e. The van der Waals surface area contributed by atoms with Gasteiger partial charge in [-0.2, -0.15) is 10.5 Å². The molecule has 0 aliphatic rings. The molecule has 2 rings (SSSR count). The lowest BCUT2D eigenvalue weighted by Crippen LogP contribution is -1.73. The maximum Gasteiger partial charge on any atom is 0.118 e. The van der Waals surface area contributed by atoms with Gasteiger partial charge in [0.15, 0.2) is 0 Å². The molecule has 0 saturated carbocycles. The van der Waals surface area contributed by atoms with Gasteiger partial charge in [0.25, 0.3) is 0 Å². The minimum atomic E-state index is 0.519. The highest BCUT2D eigenvalue weighted by Gasteiger charge is 1.99. The molecule has 0 fully saturated rings. The van der Waals surface area contributed by atoms with Gasteiger partial charge in [-0.15, -0.1) is 0 Å². The Morgan fingerprint density at radius 3 is 2.62 bits per heavy atom. The van der Waals surface area contributed by atoms with Crippen molar-refractivity contribution in [2.45, 2.75) is 0 Å². The van der Waals surface area contributed by atoms with E-state index in [-0.39, 0.29) is 0 Å². The van der Waals surface area contributed by atoms with E-state index in [0.717, 1.165) is 10.9 Å². The lowest BCUT2D eigenvalue weighted by atomic mass is 10.2. The third kappa shape index (κ3) is 1.13. The van der Waals surface area contributed by atoms with Crippen molar-refractivity contribution in [1.29, 1.82) is 10.5 Å². The molecule has 1 aromatic heterocycles. The number of hydrogen-bond donors (Lipinski definition) is 1. The van der Waals surface area contributed by atoms with Crippen molar-refractivity contribution < 1.29 is 0 Å². The molecule has 0 bridgehead atoms. The normalized spacial score (nSPS) is 9.38. The van der Waals surface area contributed by atoms with Gasteiger partial charge in [0.2, 0.25) is 0 Å². The average molecular weight is 167 g/mol. The number of nitriles is 2. The number of aromatic amines is 1. The summed E-state index contributed by atoms with van der Waals surface area (Å²) in [5.74, 6) is 0. The summed E-state index contributed by atoms with van der Waals surface area (Å²) in [6.45, 7) is 0. The van der Waals surface area contributed by atoms with Crippen molar-refractivity contribution in [1.82, 2.24) is 4.98 Å². The van der Waals surface area contributed by atoms with Gasteiger partial charge in [-0.3, -0.25) is 0 Å². The van der Waals surface area contributed by atoms with Crippen LogP contribution in [0.1, 0.15) is 11.3 Å². The number of nitrogens with one attached hydrogen (secondary N) is 1. The van der Waals surface area contributed by atoms with Gasteiger partial charge >= 0.3 is 0 Å². The zero-order chi connectivity index (χ0) is 9.26. The average Bonchev–Trinajstić information content (AvgIpc) is 2.58. The zero-order valence-electron chi connectivity index (χ0n) is 6.70. The molecule has 3 heteroatoms. The Morgan fingerprint density at radius 1 is 1.08 bits per heavy atom. The highest BCUT2D eigenvalue weighted by molar-refractivity contribution is 5.82. The Labute approximate surface area is 74.8 Å². The van der Waals surface area contributed by atoms with Gasteiger partial charge in [-0.05, 0) is 18.2 Å². The van der Waals surface area contributed by atoms with E-state index in [9.17, 15) is 0 Å². The molecule has 0 aliphatic carbocycles. The van der Waals surface area contributed by atoms with Gasteiger partial charge in [-0.1, -0.05) is 6.07 Å². The van der Waals surface area contributed by atoms with Crippen molar-refractivity contribution in [3.8, 4) is 12.1 Å². The van der Waals surface area contributed by atoms with Crippen molar-refractivity contribution >= 4 is 10.9 Å². The summed E-state index contributed by atoms with van der Waals surface area (Å²) < 4.78 is 0. The zero-order valence-corrected chi connectivity index (χ0v) is 6.70. The minimum absolute atomic E-state index is 0.519. The number of H-pyrrole nitrogens is 1. The fraction of sp³-hybridized carbons (Fsp3) is 0. The third-order valence-corrected chi connectivity index (χ3v) is 1.87. The Morgan fingerprint density at radius 2 is 1.92 bits per heavy atom. The van der Waals surface area contributed by atoms with Crippen molar-refractivity contribution in [3.63, 3.8) is 0 Å². The predicted molar refractivity (Wildman–Crippen MR) is 47.7 cm³/mol. The first-order valence-corrected chi connectivity index (χ1v) is 3.76. The summed E-state index contributed by atoms with van der Waals surface area (Å²) in [6, 6.07) is 11.1. The third-order valence-electron chi connectivity index (χ3n) is 1.87. The van der Waals surface area contributed by atoms with Crippen LogP contribution in [0.5, 0.6) is 0 Å². The van der Waals surface area contributed by atoms with Crippen LogP contribution in [0, 0.1) is 22.7 Å². The fourth-order valence-corrected chi connectivity index (χ4v) is 1.26. The van der Waals surface area contributed by atoms with Crippen LogP contribution in [0.3, 0.4) is 0 Å². The lowest BCUT2D eigenvalue weighted by Gasteiger charge is -1.88. The van der Waals surface area contributed by atoms with E-state index in [2.05, 4.69) is 4.98 Å². The highest BCUT2D eigenvalue weighted by Crippen LogP contribution is 2.16. The van der Waals surface area contributed by atoms with Crippen LogP contribution in [0.25, 0.3) is 10.9 Å². The topological polar surface area (TPSA) is 63.4 Å². The smallest absolute Gasteiger partial charge is 0.118 e. The van der Waals surface area contributed by atoms with Gasteiger partial charge in [-0.25, -0.2) is 0 Å². The molecule has 60 valence electrons. The summed E-state index contributed by atoms with van der Waals surface area (Å²) in [5.41, 5.74) is 1.94. The first-order valence-electron chi connectivity index (χ1n) is 3.76. The maximum atomic E-state index is 8.63. The molecule has 0 aliphatic heterocycles. The first-order chi connectivity index (χ1) is 6.33. The number of fused-ring (bicyclic) bond motifs is 1. The monoisotopic (exact) mass is 167 g/mol. The van der Waals surface area contributed by atoms with E-state index in [4.69, 9.17) is 10.5 Å². The van der Waals surface area contributed by atoms with Crippen molar-refractivity contribution in [2.24, 2.45) is 0 Å². The molecule has 13 heavy (non-hydrogen) atoms. The molecular weight excluding hydrogens is 162 g/mol. The second kappa shape index (κ2) is 2.66. The van der Waals surface area contributed by atoms with Crippen molar-refractivity contribution in [2.75, 3.05) is 0 Å². The van der Waals surface area contributed by atoms with Crippen LogP contribution in [0.2, 0.25) is 0 Å². The number of aromatic nitrogens is 1. The molecule has 0 amide bonds. The second-order valence-electron chi connectivity index (χ2n) is 2.71. The molecule has 1 N–H and O–H groups in total. The molecular formula is C10H5N3. The van der Waals surface area contributed by atoms with E-state index in [1.54, 1.807) is 18.2 Å². The quantitative estimate of drug-likeness (QED) is 0.651. The van der Waals surface area contributed by atoms with Crippen LogP contribution in [-0.4, -0.2) is 4.98 Å². The van der Waals surface area contributed by atoms with E-state index in [1.165, 1.54) is 0 Å². The predicted octanol–water partition coefficient (Wildman–Crippen LogP) is 1.91. The Balaban J connectivity index is 2.74. The number of rotatable bonds is 0. The number of benzene rings is 1. The van der Waals surface area contributed by atoms with Crippen LogP contribution >= 0.6 is 0 Å². The summed E-state index contributed by atoms with van der Waals surface area (Å²) >= 11 is 0. The SMILES string of the molecule is N#Cc1ccc2cc(C#N)[nH]c2c1. The molecule has 0 unspecified atom stereocenters. The van der Waals surface area contributed by atoms with E-state index in [0.29, 0.717) is 11.3 Å². The Hall–Kier alpha value is -2.26. The molecule has 0 spiro atoms. The van der Waals surface area contributed by atoms with Gasteiger partial charge in [0.1, 0.15) is 11.8 Å². The first kappa shape index (κ1) is 7.39. The highest BCUT2D eigenvalue weighted by atomic mass is 14.7. The molecule has 0 radical (unpaired) electrons. The Bertz CT molecular complexity index is 525. The lowest BCUT2D eigenvalue weighted by molar-refractivity contribution is 1.37. The fourth-order valence-electron chi connectivity index (χ4n) is 1.26. The summed E-state index contributed by atoms with van der Waals surface area (Å²) in [6.07, 6.45) is 0. The Kier molecular flexibility index (Phi) is 1.51. The summed E-state index contributed by atoms with van der Waals surface area (Å²) in [5, 5.41) is 18.2. The van der Waals surface area contributed by atoms with Crippen molar-refractivity contribution in [3.05, 3.63) is 35.5 Å². The molecule has 0 atom stereocenters. The number of hydrogen-bond acceptors (Lipinski definition) is 2. The standard InChI is InChI=1S/C10H5N3/c11-5-7-1-2-8-4-9(6-12)13-10(8)3-7/h1-4,13H. The molecule has 3 nitrogen and oxygen atoms in total. The summed E-state index contributed by atoms with van der Waals surface area (Å²) in [7, 11) is 0. The molecule has 2 aromatic rings. The van der Waals surface area contributed by atoms with Gasteiger partial charge < -0.3 is 4.98 Å². The van der Waals surface area contributed by atoms with Crippen LogP contribution in [0.4, 0.5) is 0 Å². The molecule has 1 heterocycles. The van der Waals surface area contributed by atoms with E-state index < -0.39 is 0 Å². The summed E-state index contributed by atoms with van der Waals surface area (Å²) in [4.78, 5) is 2.91. The minimum Gasteiger partial charge on any atom is -0.346 e. The van der Waals surface area contributed by atoms with Gasteiger partial charge in [0, 0.05) is 10.9 Å². The van der Waals surface area contributed by atoms with Gasteiger partial charge in [0.05, 0.1) is 11.6 Å². The number of nitrogens with zero attached hydrogens (tertiary/aromatic N) is 2. The molecule has 1 aromatic carbocycles. The van der Waals surface area contributed by atoms with E-state index >= 15 is 0 Å². The maximum absolute atomic E-state index is 8.63. The van der Waals surface area contributed by atoms with E-state index in [1.807, 2.05) is 18.2 Å². The van der Waals surface area contributed by atoms with Crippen LogP contribution in [0.15, 0.2) is 24.3 Å². The van der Waals surface area contributed by atoms with Crippen LogP contribution in [-0.2, 0) is 0 Å².